The van der Waals surface area contributed by atoms with Gasteiger partial charge in [-0.3, -0.25) is 0 Å². The number of benzene rings is 2. The van der Waals surface area contributed by atoms with Crippen molar-refractivity contribution in [3.63, 3.8) is 0 Å². The lowest BCUT2D eigenvalue weighted by Gasteiger charge is -2.09. The van der Waals surface area contributed by atoms with E-state index in [9.17, 15) is 0 Å². The van der Waals surface area contributed by atoms with Crippen molar-refractivity contribution in [2.24, 2.45) is 0 Å². The van der Waals surface area contributed by atoms with Crippen LogP contribution in [0.5, 0.6) is 11.6 Å². The average Bonchev–Trinajstić information content (AvgIpc) is 2.62. The van der Waals surface area contributed by atoms with Gasteiger partial charge in [-0.05, 0) is 43.2 Å². The molecule has 3 aromatic rings. The van der Waals surface area contributed by atoms with Crippen molar-refractivity contribution in [1.82, 2.24) is 9.97 Å². The number of halogens is 1. The number of rotatable bonds is 6. The number of nitrogens with zero attached hydrogens (tertiary/aromatic N) is 2. The van der Waals surface area contributed by atoms with E-state index in [4.69, 9.17) is 16.3 Å². The van der Waals surface area contributed by atoms with Crippen LogP contribution in [0.4, 0.5) is 0 Å². The van der Waals surface area contributed by atoms with E-state index in [0.29, 0.717) is 16.7 Å². The van der Waals surface area contributed by atoms with Gasteiger partial charge in [0, 0.05) is 22.5 Å². The van der Waals surface area contributed by atoms with Crippen molar-refractivity contribution in [1.29, 1.82) is 0 Å². The lowest BCUT2D eigenvalue weighted by Crippen LogP contribution is -1.97. The van der Waals surface area contributed by atoms with Gasteiger partial charge in [-0.1, -0.05) is 60.1 Å². The molecule has 0 radical (unpaired) electrons. The summed E-state index contributed by atoms with van der Waals surface area (Å²) in [7, 11) is 0. The zero-order chi connectivity index (χ0) is 17.6. The third-order valence-electron chi connectivity index (χ3n) is 3.58. The predicted molar refractivity (Wildman–Crippen MR) is 104 cm³/mol. The van der Waals surface area contributed by atoms with E-state index in [0.717, 1.165) is 23.0 Å². The molecule has 0 aliphatic carbocycles. The smallest absolute Gasteiger partial charge is 0.223 e. The molecule has 0 aliphatic rings. The van der Waals surface area contributed by atoms with Gasteiger partial charge >= 0.3 is 0 Å². The molecule has 25 heavy (non-hydrogen) atoms. The lowest BCUT2D eigenvalue weighted by molar-refractivity contribution is 0.454. The SMILES string of the molecule is CCc1cc(Oc2ccc(Cl)cc2)nc(SCc2cccc(C)c2)n1. The minimum atomic E-state index is 0.556. The molecule has 1 aromatic heterocycles. The maximum atomic E-state index is 5.91. The molecule has 1 heterocycles. The number of aryl methyl sites for hydroxylation is 2. The van der Waals surface area contributed by atoms with Gasteiger partial charge in [-0.2, -0.15) is 4.98 Å². The molecule has 0 amide bonds. The maximum absolute atomic E-state index is 5.91. The van der Waals surface area contributed by atoms with Crippen molar-refractivity contribution in [2.75, 3.05) is 0 Å². The van der Waals surface area contributed by atoms with Gasteiger partial charge < -0.3 is 4.74 Å². The average molecular weight is 371 g/mol. The molecule has 0 saturated heterocycles. The Bertz CT molecular complexity index is 853. The molecule has 5 heteroatoms. The predicted octanol–water partition coefficient (Wildman–Crippen LogP) is 6.09. The van der Waals surface area contributed by atoms with Crippen molar-refractivity contribution in [3.8, 4) is 11.6 Å². The Morgan fingerprint density at radius 2 is 1.84 bits per heavy atom. The van der Waals surface area contributed by atoms with Crippen molar-refractivity contribution >= 4 is 23.4 Å². The maximum Gasteiger partial charge on any atom is 0.223 e. The van der Waals surface area contributed by atoms with E-state index in [-0.39, 0.29) is 0 Å². The minimum absolute atomic E-state index is 0.556. The fourth-order valence-electron chi connectivity index (χ4n) is 2.32. The molecule has 2 aromatic carbocycles. The van der Waals surface area contributed by atoms with E-state index < -0.39 is 0 Å². The topological polar surface area (TPSA) is 35.0 Å². The van der Waals surface area contributed by atoms with Crippen LogP contribution < -0.4 is 4.74 Å². The van der Waals surface area contributed by atoms with Crippen LogP contribution in [0.25, 0.3) is 0 Å². The van der Waals surface area contributed by atoms with E-state index in [1.165, 1.54) is 11.1 Å². The van der Waals surface area contributed by atoms with Crippen LogP contribution in [0, 0.1) is 6.92 Å². The normalized spacial score (nSPS) is 10.7. The Kier molecular flexibility index (Phi) is 5.95. The van der Waals surface area contributed by atoms with E-state index in [1.807, 2.05) is 18.2 Å². The first-order valence-electron chi connectivity index (χ1n) is 8.12. The summed E-state index contributed by atoms with van der Waals surface area (Å²) >= 11 is 7.53. The third kappa shape index (κ3) is 5.21. The Morgan fingerprint density at radius 1 is 1.04 bits per heavy atom. The first-order chi connectivity index (χ1) is 12.1. The van der Waals surface area contributed by atoms with Gasteiger partial charge in [0.05, 0.1) is 0 Å². The Morgan fingerprint density at radius 3 is 2.56 bits per heavy atom. The fourth-order valence-corrected chi connectivity index (χ4v) is 3.26. The number of ether oxygens (including phenoxy) is 1. The number of aromatic nitrogens is 2. The summed E-state index contributed by atoms with van der Waals surface area (Å²) in [5.41, 5.74) is 3.48. The van der Waals surface area contributed by atoms with Crippen LogP contribution >= 0.6 is 23.4 Å². The second kappa shape index (κ2) is 8.37. The molecule has 128 valence electrons. The van der Waals surface area contributed by atoms with Crippen LogP contribution in [-0.2, 0) is 12.2 Å². The van der Waals surface area contributed by atoms with Gasteiger partial charge in [0.25, 0.3) is 0 Å². The first kappa shape index (κ1) is 17.8. The molecule has 0 fully saturated rings. The molecule has 3 nitrogen and oxygen atoms in total. The molecule has 3 rings (SSSR count). The summed E-state index contributed by atoms with van der Waals surface area (Å²) in [4.78, 5) is 9.13. The summed E-state index contributed by atoms with van der Waals surface area (Å²) < 4.78 is 5.86. The third-order valence-corrected chi connectivity index (χ3v) is 4.75. The van der Waals surface area contributed by atoms with Gasteiger partial charge in [0.15, 0.2) is 5.16 Å². The lowest BCUT2D eigenvalue weighted by atomic mass is 10.2. The summed E-state index contributed by atoms with van der Waals surface area (Å²) in [6.45, 7) is 4.17. The second-order valence-electron chi connectivity index (χ2n) is 5.67. The zero-order valence-electron chi connectivity index (χ0n) is 14.2. The second-order valence-corrected chi connectivity index (χ2v) is 7.05. The van der Waals surface area contributed by atoms with Crippen LogP contribution in [0.3, 0.4) is 0 Å². The quantitative estimate of drug-likeness (QED) is 0.388. The highest BCUT2D eigenvalue weighted by atomic mass is 35.5. The summed E-state index contributed by atoms with van der Waals surface area (Å²) in [5, 5.41) is 1.41. The highest BCUT2D eigenvalue weighted by molar-refractivity contribution is 7.98. The Balaban J connectivity index is 1.76. The highest BCUT2D eigenvalue weighted by Gasteiger charge is 2.07. The molecule has 0 atom stereocenters. The molecular weight excluding hydrogens is 352 g/mol. The Labute approximate surface area is 157 Å². The first-order valence-corrected chi connectivity index (χ1v) is 9.48. The van der Waals surface area contributed by atoms with Crippen LogP contribution in [0.15, 0.2) is 59.8 Å². The molecule has 0 saturated carbocycles. The fraction of sp³-hybridized carbons (Fsp3) is 0.200. The van der Waals surface area contributed by atoms with Crippen molar-refractivity contribution in [2.45, 2.75) is 31.2 Å². The molecule has 0 spiro atoms. The van der Waals surface area contributed by atoms with Crippen molar-refractivity contribution < 1.29 is 4.74 Å². The van der Waals surface area contributed by atoms with Gasteiger partial charge in [-0.15, -0.1) is 0 Å². The molecule has 0 bridgehead atoms. The van der Waals surface area contributed by atoms with E-state index in [2.05, 4.69) is 48.1 Å². The largest absolute Gasteiger partial charge is 0.439 e. The summed E-state index contributed by atoms with van der Waals surface area (Å²) in [6.07, 6.45) is 0.831. The molecule has 0 N–H and O–H groups in total. The minimum Gasteiger partial charge on any atom is -0.439 e. The van der Waals surface area contributed by atoms with E-state index in [1.54, 1.807) is 23.9 Å². The number of hydrogen-bond acceptors (Lipinski definition) is 4. The molecule has 0 unspecified atom stereocenters. The highest BCUT2D eigenvalue weighted by Crippen LogP contribution is 2.26. The van der Waals surface area contributed by atoms with Crippen LogP contribution in [0.1, 0.15) is 23.7 Å². The monoisotopic (exact) mass is 370 g/mol. The van der Waals surface area contributed by atoms with Crippen LogP contribution in [0.2, 0.25) is 5.02 Å². The van der Waals surface area contributed by atoms with Gasteiger partial charge in [0.1, 0.15) is 5.75 Å². The van der Waals surface area contributed by atoms with Crippen molar-refractivity contribution in [3.05, 3.63) is 76.4 Å². The summed E-state index contributed by atoms with van der Waals surface area (Å²) in [6, 6.07) is 17.6. The molecule has 0 aliphatic heterocycles. The number of hydrogen-bond donors (Lipinski definition) is 0. The molecular formula is C20H19ClN2OS. The number of thioether (sulfide) groups is 1. The summed E-state index contributed by atoms with van der Waals surface area (Å²) in [5.74, 6) is 2.09. The van der Waals surface area contributed by atoms with Gasteiger partial charge in [0.2, 0.25) is 5.88 Å². The Hall–Kier alpha value is -2.04. The van der Waals surface area contributed by atoms with Gasteiger partial charge in [-0.25, -0.2) is 4.98 Å². The standard InChI is InChI=1S/C20H19ClN2OS/c1-3-17-12-19(24-18-9-7-16(21)8-10-18)23-20(22-17)25-13-15-6-4-5-14(2)11-15/h4-12H,3,13H2,1-2H3. The van der Waals surface area contributed by atoms with Crippen LogP contribution in [-0.4, -0.2) is 9.97 Å². The zero-order valence-corrected chi connectivity index (χ0v) is 15.8. The van der Waals surface area contributed by atoms with E-state index >= 15 is 0 Å².